The second kappa shape index (κ2) is 11.9. The van der Waals surface area contributed by atoms with Crippen molar-refractivity contribution in [2.45, 2.75) is 37.6 Å². The summed E-state index contributed by atoms with van der Waals surface area (Å²) in [4.78, 5) is 34.3. The minimum absolute atomic E-state index is 0.0717. The van der Waals surface area contributed by atoms with Gasteiger partial charge in [-0.3, -0.25) is 9.59 Å². The summed E-state index contributed by atoms with van der Waals surface area (Å²) in [5.74, 6) is -2.09. The van der Waals surface area contributed by atoms with Crippen LogP contribution in [0, 0.1) is 5.41 Å². The highest BCUT2D eigenvalue weighted by atomic mass is 35.5. The number of anilines is 2. The summed E-state index contributed by atoms with van der Waals surface area (Å²) in [5, 5.41) is 14.9. The number of rotatable bonds is 7. The van der Waals surface area contributed by atoms with Crippen LogP contribution >= 0.6 is 11.6 Å². The van der Waals surface area contributed by atoms with E-state index in [4.69, 9.17) is 22.1 Å². The normalized spacial score (nSPS) is 18.8. The number of nitrogens with one attached hydrogen (secondary N) is 2. The van der Waals surface area contributed by atoms with E-state index in [0.29, 0.717) is 44.5 Å². The Labute approximate surface area is 250 Å². The molecule has 0 bridgehead atoms. The van der Waals surface area contributed by atoms with Gasteiger partial charge >= 0.3 is 12.1 Å². The molecule has 2 aliphatic heterocycles. The predicted octanol–water partition coefficient (Wildman–Crippen LogP) is 4.45. The number of carboxylic acid groups (broad SMARTS) is 1. The standard InChI is InChI=1S/C29H30ClF3N6O4/c1-35-25(40)19-12-17(30)11-18(16-5-3-2-4-6-16)23(19)24(29(31,32)33)43-22-13-21(37-27(34)38-22)39-9-7-28(8-10-39)14-20(26(41)42)36-15-28/h2-6,11-13,20,24,36H,7-10,14-15H2,1H3,(H,35,40)(H,41,42)(H2,34,37,38)/t20-,24+/m0/s1. The molecule has 0 aliphatic carbocycles. The number of carboxylic acids is 1. The number of aliphatic carboxylic acids is 1. The Morgan fingerprint density at radius 2 is 1.88 bits per heavy atom. The van der Waals surface area contributed by atoms with Gasteiger partial charge in [-0.2, -0.15) is 23.1 Å². The second-order valence-corrected chi connectivity index (χ2v) is 11.2. The second-order valence-electron chi connectivity index (χ2n) is 10.8. The molecule has 1 aromatic heterocycles. The van der Waals surface area contributed by atoms with Crippen molar-refractivity contribution in [2.24, 2.45) is 5.41 Å². The molecular formula is C29H30ClF3N6O4. The van der Waals surface area contributed by atoms with Gasteiger partial charge in [0.15, 0.2) is 0 Å². The predicted molar refractivity (Wildman–Crippen MR) is 154 cm³/mol. The van der Waals surface area contributed by atoms with Crippen LogP contribution in [0.2, 0.25) is 5.02 Å². The summed E-state index contributed by atoms with van der Waals surface area (Å²) in [6.45, 7) is 1.55. The fourth-order valence-electron chi connectivity index (χ4n) is 5.83. The largest absolute Gasteiger partial charge is 0.480 e. The number of nitrogens with two attached hydrogens (primary N) is 1. The minimum Gasteiger partial charge on any atom is -0.480 e. The van der Waals surface area contributed by atoms with Gasteiger partial charge in [-0.15, -0.1) is 0 Å². The molecule has 228 valence electrons. The molecule has 43 heavy (non-hydrogen) atoms. The number of carbonyl (C=O) groups excluding carboxylic acids is 1. The molecule has 1 spiro atoms. The lowest BCUT2D eigenvalue weighted by molar-refractivity contribution is -0.198. The highest BCUT2D eigenvalue weighted by molar-refractivity contribution is 6.31. The highest BCUT2D eigenvalue weighted by Gasteiger charge is 2.47. The third kappa shape index (κ3) is 6.47. The molecule has 2 aliphatic rings. The van der Waals surface area contributed by atoms with E-state index in [1.807, 2.05) is 4.90 Å². The maximum atomic E-state index is 14.8. The van der Waals surface area contributed by atoms with E-state index in [0.717, 1.165) is 0 Å². The number of hydrogen-bond acceptors (Lipinski definition) is 8. The van der Waals surface area contributed by atoms with E-state index in [-0.39, 0.29) is 33.3 Å². The van der Waals surface area contributed by atoms with Crippen LogP contribution in [0.5, 0.6) is 5.88 Å². The van der Waals surface area contributed by atoms with Crippen molar-refractivity contribution < 1.29 is 32.6 Å². The molecule has 10 nitrogen and oxygen atoms in total. The van der Waals surface area contributed by atoms with E-state index in [9.17, 15) is 27.9 Å². The topological polar surface area (TPSA) is 143 Å². The molecule has 5 N–H and O–H groups in total. The number of amides is 1. The van der Waals surface area contributed by atoms with Crippen LogP contribution < -0.4 is 26.0 Å². The summed E-state index contributed by atoms with van der Waals surface area (Å²) >= 11 is 6.27. The van der Waals surface area contributed by atoms with Crippen LogP contribution in [-0.4, -0.2) is 65.9 Å². The van der Waals surface area contributed by atoms with Crippen molar-refractivity contribution in [1.29, 1.82) is 0 Å². The first-order valence-electron chi connectivity index (χ1n) is 13.6. The summed E-state index contributed by atoms with van der Waals surface area (Å²) in [7, 11) is 1.31. The molecular weight excluding hydrogens is 589 g/mol. The van der Waals surface area contributed by atoms with Crippen molar-refractivity contribution in [3.05, 3.63) is 64.7 Å². The van der Waals surface area contributed by atoms with Crippen molar-refractivity contribution in [3.8, 4) is 17.0 Å². The Balaban J connectivity index is 1.49. The number of carbonyl (C=O) groups is 2. The Bertz CT molecular complexity index is 1520. The third-order valence-corrected chi connectivity index (χ3v) is 8.23. The molecule has 3 heterocycles. The Morgan fingerprint density at radius 1 is 1.19 bits per heavy atom. The summed E-state index contributed by atoms with van der Waals surface area (Å²) < 4.78 is 50.0. The van der Waals surface area contributed by atoms with Crippen molar-refractivity contribution >= 4 is 35.2 Å². The van der Waals surface area contributed by atoms with Gasteiger partial charge in [-0.25, -0.2) is 0 Å². The van der Waals surface area contributed by atoms with Crippen molar-refractivity contribution in [2.75, 3.05) is 37.3 Å². The molecule has 14 heteroatoms. The van der Waals surface area contributed by atoms with Gasteiger partial charge in [0.1, 0.15) is 11.9 Å². The smallest absolute Gasteiger partial charge is 0.429 e. The quantitative estimate of drug-likeness (QED) is 0.302. The molecule has 2 saturated heterocycles. The zero-order chi connectivity index (χ0) is 30.9. The molecule has 2 fully saturated rings. The summed E-state index contributed by atoms with van der Waals surface area (Å²) in [6.07, 6.45) is -5.77. The van der Waals surface area contributed by atoms with Gasteiger partial charge in [0, 0.05) is 48.9 Å². The molecule has 2 aromatic carbocycles. The van der Waals surface area contributed by atoms with Crippen LogP contribution in [0.3, 0.4) is 0 Å². The molecule has 0 saturated carbocycles. The van der Waals surface area contributed by atoms with Crippen LogP contribution in [0.1, 0.15) is 41.3 Å². The number of piperidine rings is 1. The average molecular weight is 619 g/mol. The Morgan fingerprint density at radius 3 is 2.49 bits per heavy atom. The fraction of sp³-hybridized carbons (Fsp3) is 0.379. The van der Waals surface area contributed by atoms with E-state index < -0.39 is 41.6 Å². The number of hydrogen-bond donors (Lipinski definition) is 4. The lowest BCUT2D eigenvalue weighted by Crippen LogP contribution is -2.41. The molecule has 0 unspecified atom stereocenters. The van der Waals surface area contributed by atoms with E-state index in [2.05, 4.69) is 20.6 Å². The summed E-state index contributed by atoms with van der Waals surface area (Å²) in [5.41, 5.74) is 5.49. The number of nitrogens with zero attached hydrogens (tertiary/aromatic N) is 3. The molecule has 0 radical (unpaired) electrons. The van der Waals surface area contributed by atoms with Crippen LogP contribution in [0.15, 0.2) is 48.5 Å². The zero-order valence-electron chi connectivity index (χ0n) is 23.1. The molecule has 3 aromatic rings. The van der Waals surface area contributed by atoms with Crippen molar-refractivity contribution in [3.63, 3.8) is 0 Å². The van der Waals surface area contributed by atoms with Crippen LogP contribution in [0.4, 0.5) is 24.9 Å². The molecule has 1 amide bonds. The van der Waals surface area contributed by atoms with E-state index >= 15 is 0 Å². The SMILES string of the molecule is CNC(=O)c1cc(Cl)cc(-c2ccccc2)c1[C@@H](Oc1cc(N2CCC3(CC2)CN[C@H](C(=O)O)C3)nc(N)n1)C(F)(F)F. The molecule has 5 rings (SSSR count). The summed E-state index contributed by atoms with van der Waals surface area (Å²) in [6, 6.07) is 11.5. The maximum absolute atomic E-state index is 14.8. The van der Waals surface area contributed by atoms with Crippen LogP contribution in [0.25, 0.3) is 11.1 Å². The number of aromatic nitrogens is 2. The molecule has 2 atom stereocenters. The minimum atomic E-state index is -4.98. The van der Waals surface area contributed by atoms with Gasteiger partial charge in [0.25, 0.3) is 5.91 Å². The number of benzene rings is 2. The van der Waals surface area contributed by atoms with Crippen molar-refractivity contribution in [1.82, 2.24) is 20.6 Å². The van der Waals surface area contributed by atoms with Gasteiger partial charge in [0.2, 0.25) is 17.9 Å². The van der Waals surface area contributed by atoms with Gasteiger partial charge in [0.05, 0.1) is 0 Å². The fourth-order valence-corrected chi connectivity index (χ4v) is 6.04. The maximum Gasteiger partial charge on any atom is 0.429 e. The average Bonchev–Trinajstić information content (AvgIpc) is 3.39. The Hall–Kier alpha value is -4.10. The lowest BCUT2D eigenvalue weighted by atomic mass is 9.76. The number of alkyl halides is 3. The zero-order valence-corrected chi connectivity index (χ0v) is 23.9. The van der Waals surface area contributed by atoms with E-state index in [1.54, 1.807) is 30.3 Å². The first-order valence-corrected chi connectivity index (χ1v) is 14.0. The third-order valence-electron chi connectivity index (χ3n) is 8.01. The first-order chi connectivity index (χ1) is 20.4. The number of nitrogen functional groups attached to an aromatic ring is 1. The lowest BCUT2D eigenvalue weighted by Gasteiger charge is -2.39. The van der Waals surface area contributed by atoms with E-state index in [1.165, 1.54) is 25.2 Å². The number of ether oxygens (including phenoxy) is 1. The first kappa shape index (κ1) is 30.4. The van der Waals surface area contributed by atoms with Crippen LogP contribution in [-0.2, 0) is 4.79 Å². The highest BCUT2D eigenvalue weighted by Crippen LogP contribution is 2.45. The van der Waals surface area contributed by atoms with Gasteiger partial charge < -0.3 is 31.1 Å². The van der Waals surface area contributed by atoms with Gasteiger partial charge in [-0.05, 0) is 47.9 Å². The Kier molecular flexibility index (Phi) is 8.39. The monoisotopic (exact) mass is 618 g/mol. The van der Waals surface area contributed by atoms with Gasteiger partial charge in [-0.1, -0.05) is 41.9 Å². The number of halogens is 4.